The molecule has 5 atom stereocenters. The number of hydrogen-bond donors (Lipinski definition) is 1. The topological polar surface area (TPSA) is 20.2 Å². The fourth-order valence-corrected chi connectivity index (χ4v) is 10.1. The highest BCUT2D eigenvalue weighted by Crippen LogP contribution is 2.62. The summed E-state index contributed by atoms with van der Waals surface area (Å²) in [7, 11) is 0. The van der Waals surface area contributed by atoms with E-state index in [1.807, 2.05) is 11.8 Å². The van der Waals surface area contributed by atoms with Gasteiger partial charge in [0.25, 0.3) is 0 Å². The third kappa shape index (κ3) is 2.82. The third-order valence-electron chi connectivity index (χ3n) is 7.27. The fraction of sp³-hybridized carbons (Fsp3) is 0.636. The van der Waals surface area contributed by atoms with E-state index >= 15 is 0 Å². The van der Waals surface area contributed by atoms with Crippen molar-refractivity contribution in [1.82, 2.24) is 0 Å². The summed E-state index contributed by atoms with van der Waals surface area (Å²) in [5, 5.41) is 14.3. The molecule has 0 aromatic rings. The molecule has 5 aliphatic rings. The summed E-state index contributed by atoms with van der Waals surface area (Å²) in [5.74, 6) is 3.40. The Balaban J connectivity index is 1.39. The molecule has 26 heavy (non-hydrogen) atoms. The van der Waals surface area contributed by atoms with Crippen LogP contribution in [0.15, 0.2) is 46.9 Å². The summed E-state index contributed by atoms with van der Waals surface area (Å²) in [5.41, 5.74) is 3.12. The van der Waals surface area contributed by atoms with Crippen LogP contribution >= 0.6 is 35.3 Å². The van der Waals surface area contributed by atoms with Gasteiger partial charge in [0.1, 0.15) is 0 Å². The van der Waals surface area contributed by atoms with Gasteiger partial charge in [0.2, 0.25) is 0 Å². The Labute approximate surface area is 170 Å². The van der Waals surface area contributed by atoms with E-state index in [1.165, 1.54) is 36.3 Å². The van der Waals surface area contributed by atoms with Crippen LogP contribution in [-0.2, 0) is 0 Å². The highest BCUT2D eigenvalue weighted by atomic mass is 32.2. The van der Waals surface area contributed by atoms with Crippen molar-refractivity contribution in [1.29, 1.82) is 0 Å². The molecule has 0 bridgehead atoms. The monoisotopic (exact) mass is 404 g/mol. The van der Waals surface area contributed by atoms with E-state index in [-0.39, 0.29) is 11.5 Å². The fourth-order valence-electron chi connectivity index (χ4n) is 5.68. The molecule has 1 N–H and O–H groups in total. The molecule has 3 aliphatic carbocycles. The first-order valence-corrected chi connectivity index (χ1v) is 12.9. The summed E-state index contributed by atoms with van der Waals surface area (Å²) < 4.78 is 0.447. The maximum atomic E-state index is 11.5. The van der Waals surface area contributed by atoms with E-state index < -0.39 is 0 Å². The van der Waals surface area contributed by atoms with Gasteiger partial charge < -0.3 is 5.11 Å². The van der Waals surface area contributed by atoms with Crippen LogP contribution in [0.5, 0.6) is 0 Å². The second-order valence-electron chi connectivity index (χ2n) is 8.57. The average molecular weight is 405 g/mol. The maximum absolute atomic E-state index is 11.5. The zero-order valence-electron chi connectivity index (χ0n) is 15.4. The zero-order chi connectivity index (χ0) is 17.8. The molecule has 1 spiro atoms. The highest BCUT2D eigenvalue weighted by molar-refractivity contribution is 8.21. The van der Waals surface area contributed by atoms with Gasteiger partial charge in [0.15, 0.2) is 0 Å². The second kappa shape index (κ2) is 6.79. The van der Waals surface area contributed by atoms with Crippen molar-refractivity contribution >= 4 is 35.3 Å². The van der Waals surface area contributed by atoms with E-state index in [2.05, 4.69) is 66.2 Å². The van der Waals surface area contributed by atoms with Crippen LogP contribution < -0.4 is 0 Å². The van der Waals surface area contributed by atoms with Gasteiger partial charge in [-0.15, -0.1) is 35.3 Å². The molecule has 5 unspecified atom stereocenters. The van der Waals surface area contributed by atoms with Gasteiger partial charge in [0, 0.05) is 22.7 Å². The lowest BCUT2D eigenvalue weighted by Gasteiger charge is -2.52. The van der Waals surface area contributed by atoms with E-state index in [4.69, 9.17) is 0 Å². The van der Waals surface area contributed by atoms with Crippen molar-refractivity contribution in [2.75, 3.05) is 11.5 Å². The van der Waals surface area contributed by atoms with Gasteiger partial charge in [-0.3, -0.25) is 0 Å². The largest absolute Gasteiger partial charge is 0.388 e. The Bertz CT molecular complexity index is 700. The summed E-state index contributed by atoms with van der Waals surface area (Å²) in [6.45, 7) is 2.46. The molecule has 4 heteroatoms. The van der Waals surface area contributed by atoms with E-state index in [9.17, 15) is 5.11 Å². The number of allylic oxidation sites excluding steroid dienone is 5. The minimum atomic E-state index is -0.291. The normalized spacial score (nSPS) is 41.5. The first kappa shape index (κ1) is 18.0. The van der Waals surface area contributed by atoms with Crippen LogP contribution in [0.2, 0.25) is 0 Å². The van der Waals surface area contributed by atoms with Crippen LogP contribution in [0.4, 0.5) is 0 Å². The van der Waals surface area contributed by atoms with Crippen LogP contribution in [0.25, 0.3) is 0 Å². The zero-order valence-corrected chi connectivity index (χ0v) is 17.8. The molecular weight excluding hydrogens is 376 g/mol. The first-order chi connectivity index (χ1) is 12.6. The van der Waals surface area contributed by atoms with Gasteiger partial charge in [0.05, 0.1) is 10.2 Å². The van der Waals surface area contributed by atoms with E-state index in [1.54, 1.807) is 5.57 Å². The second-order valence-corrected chi connectivity index (χ2v) is 12.8. The molecule has 1 saturated heterocycles. The number of hydrogen-bond acceptors (Lipinski definition) is 4. The van der Waals surface area contributed by atoms with Crippen molar-refractivity contribution in [2.45, 2.75) is 54.5 Å². The SMILES string of the molecule is CC12CCC3(CC1=CCCC2C(O)C1=CSC2C=CC=CC12)SCCS3. The predicted octanol–water partition coefficient (Wildman–Crippen LogP) is 5.79. The lowest BCUT2D eigenvalue weighted by molar-refractivity contribution is 0.0375. The summed E-state index contributed by atoms with van der Waals surface area (Å²) in [4.78, 5) is 0. The van der Waals surface area contributed by atoms with E-state index in [0.29, 0.717) is 21.2 Å². The molecule has 140 valence electrons. The molecule has 1 nitrogen and oxygen atoms in total. The molecule has 5 rings (SSSR count). The van der Waals surface area contributed by atoms with Gasteiger partial charge in [-0.25, -0.2) is 0 Å². The smallest absolute Gasteiger partial charge is 0.0800 e. The van der Waals surface area contributed by atoms with Crippen LogP contribution in [0.1, 0.15) is 39.0 Å². The van der Waals surface area contributed by atoms with Crippen molar-refractivity contribution in [2.24, 2.45) is 17.3 Å². The molecule has 0 radical (unpaired) electrons. The minimum absolute atomic E-state index is 0.185. The molecule has 1 saturated carbocycles. The third-order valence-corrected chi connectivity index (χ3v) is 12.0. The van der Waals surface area contributed by atoms with Crippen LogP contribution in [0.3, 0.4) is 0 Å². The Hall–Kier alpha value is -0.0300. The summed E-state index contributed by atoms with van der Waals surface area (Å²) in [6, 6.07) is 0. The Morgan fingerprint density at radius 3 is 2.81 bits per heavy atom. The van der Waals surface area contributed by atoms with Gasteiger partial charge >= 0.3 is 0 Å². The van der Waals surface area contributed by atoms with Gasteiger partial charge in [-0.2, -0.15) is 0 Å². The van der Waals surface area contributed by atoms with Crippen molar-refractivity contribution < 1.29 is 5.11 Å². The molecule has 2 heterocycles. The Kier molecular flexibility index (Phi) is 4.71. The predicted molar refractivity (Wildman–Crippen MR) is 118 cm³/mol. The quantitative estimate of drug-likeness (QED) is 0.587. The number of aliphatic hydroxyl groups is 1. The molecule has 2 aliphatic heterocycles. The van der Waals surface area contributed by atoms with Crippen molar-refractivity contribution in [3.63, 3.8) is 0 Å². The number of rotatable bonds is 2. The summed E-state index contributed by atoms with van der Waals surface area (Å²) in [6.07, 6.45) is 17.2. The average Bonchev–Trinajstić information content (AvgIpc) is 3.29. The molecular formula is C22H28OS3. The first-order valence-electron chi connectivity index (χ1n) is 9.97. The van der Waals surface area contributed by atoms with Crippen LogP contribution in [-0.4, -0.2) is 32.0 Å². The number of fused-ring (bicyclic) bond motifs is 2. The maximum Gasteiger partial charge on any atom is 0.0800 e. The van der Waals surface area contributed by atoms with E-state index in [0.717, 1.165) is 12.8 Å². The lowest BCUT2D eigenvalue weighted by Crippen LogP contribution is -2.46. The molecule has 2 fully saturated rings. The minimum Gasteiger partial charge on any atom is -0.388 e. The van der Waals surface area contributed by atoms with Gasteiger partial charge in [-0.1, -0.05) is 42.9 Å². The highest BCUT2D eigenvalue weighted by Gasteiger charge is 2.52. The molecule has 0 aromatic carbocycles. The van der Waals surface area contributed by atoms with Crippen molar-refractivity contribution in [3.05, 3.63) is 46.9 Å². The lowest BCUT2D eigenvalue weighted by atomic mass is 9.57. The Morgan fingerprint density at radius 2 is 1.96 bits per heavy atom. The van der Waals surface area contributed by atoms with Crippen molar-refractivity contribution in [3.8, 4) is 0 Å². The molecule has 0 amide bonds. The Morgan fingerprint density at radius 1 is 1.15 bits per heavy atom. The number of aliphatic hydroxyl groups excluding tert-OH is 1. The standard InChI is InChI=1S/C22H28OS3/c1-21-9-10-22(25-11-12-26-22)13-15(21)5-4-7-18(21)20(23)17-14-24-19-8-3-2-6-16(17)19/h2-3,5-6,8,14,16,18-20,23H,4,7,9-13H2,1H3. The summed E-state index contributed by atoms with van der Waals surface area (Å²) >= 11 is 6.29. The number of thioether (sulfide) groups is 3. The molecule has 0 aromatic heterocycles. The van der Waals surface area contributed by atoms with Crippen LogP contribution in [0, 0.1) is 17.3 Å². The van der Waals surface area contributed by atoms with Gasteiger partial charge in [-0.05, 0) is 54.4 Å².